The number of fused-ring (bicyclic) bond motifs is 1. The van der Waals surface area contributed by atoms with Crippen LogP contribution in [0.3, 0.4) is 0 Å². The minimum absolute atomic E-state index is 0.273. The minimum atomic E-state index is 0.273. The summed E-state index contributed by atoms with van der Waals surface area (Å²) in [6.45, 7) is 6.84. The average molecular weight is 387 g/mol. The van der Waals surface area contributed by atoms with E-state index in [2.05, 4.69) is 50.4 Å². The van der Waals surface area contributed by atoms with Gasteiger partial charge in [-0.1, -0.05) is 18.2 Å². The molecule has 1 aliphatic heterocycles. The molecule has 29 heavy (non-hydrogen) atoms. The summed E-state index contributed by atoms with van der Waals surface area (Å²) in [6, 6.07) is 17.6. The molecule has 1 unspecified atom stereocenters. The Kier molecular flexibility index (Phi) is 4.31. The molecule has 8 nitrogen and oxygen atoms in total. The molecular formula is C21H23N8. The van der Waals surface area contributed by atoms with E-state index in [0.717, 1.165) is 48.4 Å². The summed E-state index contributed by atoms with van der Waals surface area (Å²) < 4.78 is 1.94. The Morgan fingerprint density at radius 2 is 2.10 bits per heavy atom. The van der Waals surface area contributed by atoms with Crippen molar-refractivity contribution in [3.8, 4) is 0 Å². The van der Waals surface area contributed by atoms with Gasteiger partial charge in [0.05, 0.1) is 0 Å². The molecule has 8 heteroatoms. The van der Waals surface area contributed by atoms with Crippen LogP contribution in [-0.4, -0.2) is 50.2 Å². The molecule has 2 N–H and O–H groups in total. The number of nitrogens with zero attached hydrogens (tertiary/aromatic N) is 6. The molecule has 1 aromatic carbocycles. The average Bonchev–Trinajstić information content (AvgIpc) is 3.37. The molecule has 0 saturated carbocycles. The summed E-state index contributed by atoms with van der Waals surface area (Å²) in [5.74, 6) is 2.17. The number of rotatable bonds is 4. The molecule has 4 aromatic rings. The van der Waals surface area contributed by atoms with Crippen molar-refractivity contribution < 1.29 is 0 Å². The van der Waals surface area contributed by atoms with Crippen LogP contribution in [0, 0.1) is 13.0 Å². The first-order valence-electron chi connectivity index (χ1n) is 9.80. The van der Waals surface area contributed by atoms with Gasteiger partial charge in [0.2, 0.25) is 11.9 Å². The summed E-state index contributed by atoms with van der Waals surface area (Å²) in [5.41, 5.74) is 2.99. The highest BCUT2D eigenvalue weighted by atomic mass is 15.4. The quantitative estimate of drug-likeness (QED) is 0.561. The van der Waals surface area contributed by atoms with Crippen LogP contribution in [0.25, 0.3) is 5.65 Å². The lowest BCUT2D eigenvalue weighted by Gasteiger charge is -2.41. The lowest BCUT2D eigenvalue weighted by Crippen LogP contribution is -2.52. The molecule has 0 spiro atoms. The van der Waals surface area contributed by atoms with Crippen molar-refractivity contribution in [3.63, 3.8) is 0 Å². The molecule has 0 bridgehead atoms. The minimum Gasteiger partial charge on any atom is -0.367 e. The van der Waals surface area contributed by atoms with Crippen LogP contribution in [0.1, 0.15) is 12.6 Å². The highest BCUT2D eigenvalue weighted by Gasteiger charge is 2.26. The number of benzene rings is 1. The van der Waals surface area contributed by atoms with E-state index in [4.69, 9.17) is 9.97 Å². The van der Waals surface area contributed by atoms with Gasteiger partial charge < -0.3 is 15.1 Å². The molecule has 3 aromatic heterocycles. The van der Waals surface area contributed by atoms with E-state index in [0.29, 0.717) is 5.95 Å². The van der Waals surface area contributed by atoms with Crippen LogP contribution in [-0.2, 0) is 0 Å². The zero-order valence-corrected chi connectivity index (χ0v) is 16.5. The van der Waals surface area contributed by atoms with Crippen molar-refractivity contribution in [2.45, 2.75) is 19.9 Å². The summed E-state index contributed by atoms with van der Waals surface area (Å²) >= 11 is 0. The maximum atomic E-state index is 4.84. The van der Waals surface area contributed by atoms with Gasteiger partial charge in [-0.15, -0.1) is 0 Å². The Morgan fingerprint density at radius 3 is 2.86 bits per heavy atom. The SMILES string of the molecule is Cc1cc(Nc2nc(N3CCN(c4[c]cccc4)CC3C)nc3cccn23)n[nH]1. The highest BCUT2D eigenvalue weighted by molar-refractivity contribution is 5.58. The van der Waals surface area contributed by atoms with E-state index in [-0.39, 0.29) is 6.04 Å². The summed E-state index contributed by atoms with van der Waals surface area (Å²) in [5, 5.41) is 10.5. The number of hydrogen-bond acceptors (Lipinski definition) is 6. The molecule has 0 amide bonds. The first-order chi connectivity index (χ1) is 14.2. The topological polar surface area (TPSA) is 77.4 Å². The monoisotopic (exact) mass is 387 g/mol. The van der Waals surface area contributed by atoms with Gasteiger partial charge in [0, 0.05) is 55.4 Å². The number of hydrogen-bond donors (Lipinski definition) is 2. The maximum absolute atomic E-state index is 4.84. The molecule has 0 aliphatic carbocycles. The highest BCUT2D eigenvalue weighted by Crippen LogP contribution is 2.24. The third-order valence-electron chi connectivity index (χ3n) is 5.24. The van der Waals surface area contributed by atoms with E-state index >= 15 is 0 Å². The van der Waals surface area contributed by atoms with Crippen molar-refractivity contribution in [2.75, 3.05) is 34.8 Å². The maximum Gasteiger partial charge on any atom is 0.230 e. The fourth-order valence-electron chi connectivity index (χ4n) is 3.79. The first kappa shape index (κ1) is 17.5. The lowest BCUT2D eigenvalue weighted by molar-refractivity contribution is 0.540. The molecule has 1 aliphatic rings. The molecule has 1 atom stereocenters. The second-order valence-corrected chi connectivity index (χ2v) is 7.38. The van der Waals surface area contributed by atoms with Gasteiger partial charge in [-0.2, -0.15) is 15.1 Å². The fourth-order valence-corrected chi connectivity index (χ4v) is 3.79. The van der Waals surface area contributed by atoms with Crippen molar-refractivity contribution in [1.29, 1.82) is 0 Å². The molecule has 4 heterocycles. The third-order valence-corrected chi connectivity index (χ3v) is 5.24. The number of piperazine rings is 1. The first-order valence-corrected chi connectivity index (χ1v) is 9.80. The molecule has 147 valence electrons. The molecule has 5 rings (SSSR count). The van der Waals surface area contributed by atoms with Crippen LogP contribution in [0.4, 0.5) is 23.4 Å². The van der Waals surface area contributed by atoms with Crippen LogP contribution < -0.4 is 15.1 Å². The second kappa shape index (κ2) is 7.12. The molecule has 1 radical (unpaired) electrons. The molecular weight excluding hydrogens is 364 g/mol. The van der Waals surface area contributed by atoms with Crippen molar-refractivity contribution >= 4 is 29.0 Å². The number of para-hydroxylation sites is 1. The van der Waals surface area contributed by atoms with E-state index in [1.165, 1.54) is 0 Å². The van der Waals surface area contributed by atoms with Gasteiger partial charge in [-0.25, -0.2) is 0 Å². The normalized spacial score (nSPS) is 17.1. The van der Waals surface area contributed by atoms with Crippen molar-refractivity contribution in [3.05, 3.63) is 60.4 Å². The van der Waals surface area contributed by atoms with Crippen molar-refractivity contribution in [2.24, 2.45) is 0 Å². The van der Waals surface area contributed by atoms with E-state index < -0.39 is 0 Å². The van der Waals surface area contributed by atoms with Crippen LogP contribution in [0.5, 0.6) is 0 Å². The Bertz CT molecular complexity index is 1120. The largest absolute Gasteiger partial charge is 0.367 e. The predicted molar refractivity (Wildman–Crippen MR) is 114 cm³/mol. The van der Waals surface area contributed by atoms with Crippen LogP contribution >= 0.6 is 0 Å². The summed E-state index contributed by atoms with van der Waals surface area (Å²) in [6.07, 6.45) is 1.95. The van der Waals surface area contributed by atoms with E-state index in [1.807, 2.05) is 47.9 Å². The number of anilines is 4. The summed E-state index contributed by atoms with van der Waals surface area (Å²) in [4.78, 5) is 14.3. The van der Waals surface area contributed by atoms with Gasteiger partial charge in [0.1, 0.15) is 5.65 Å². The predicted octanol–water partition coefficient (Wildman–Crippen LogP) is 3.02. The van der Waals surface area contributed by atoms with Gasteiger partial charge in [-0.05, 0) is 32.0 Å². The van der Waals surface area contributed by atoms with E-state index in [1.54, 1.807) is 0 Å². The standard InChI is InChI=1S/C21H23N8/c1-15-13-18(26-25-15)22-20-24-21(23-19-9-6-10-29(19)20)28-12-11-27(14-16(28)2)17-7-4-3-5-8-17/h3-7,9-10,13,16H,11-12,14H2,1-2H3,(H2,22,23,24,25,26). The van der Waals surface area contributed by atoms with Crippen LogP contribution in [0.15, 0.2) is 48.7 Å². The number of nitrogens with one attached hydrogen (secondary N) is 2. The van der Waals surface area contributed by atoms with Gasteiger partial charge in [-0.3, -0.25) is 9.50 Å². The Balaban J connectivity index is 1.43. The smallest absolute Gasteiger partial charge is 0.230 e. The number of aryl methyl sites for hydroxylation is 1. The van der Waals surface area contributed by atoms with E-state index in [9.17, 15) is 0 Å². The van der Waals surface area contributed by atoms with Crippen molar-refractivity contribution in [1.82, 2.24) is 24.6 Å². The van der Waals surface area contributed by atoms with Crippen LogP contribution in [0.2, 0.25) is 0 Å². The fraction of sp³-hybridized carbons (Fsp3) is 0.286. The van der Waals surface area contributed by atoms with Gasteiger partial charge >= 0.3 is 0 Å². The third kappa shape index (κ3) is 3.37. The van der Waals surface area contributed by atoms with Gasteiger partial charge in [0.15, 0.2) is 5.82 Å². The van der Waals surface area contributed by atoms with Gasteiger partial charge in [0.25, 0.3) is 0 Å². The Morgan fingerprint density at radius 1 is 1.17 bits per heavy atom. The Labute approximate surface area is 169 Å². The summed E-state index contributed by atoms with van der Waals surface area (Å²) in [7, 11) is 0. The second-order valence-electron chi connectivity index (χ2n) is 7.38. The molecule has 1 saturated heterocycles. The Hall–Kier alpha value is -3.55. The number of aromatic nitrogens is 5. The zero-order valence-electron chi connectivity index (χ0n) is 16.5. The lowest BCUT2D eigenvalue weighted by atomic mass is 10.1. The number of aromatic amines is 1. The zero-order chi connectivity index (χ0) is 19.8. The number of H-pyrrole nitrogens is 1. The molecule has 1 fully saturated rings.